The van der Waals surface area contributed by atoms with E-state index in [1.165, 1.54) is 0 Å². The van der Waals surface area contributed by atoms with Crippen LogP contribution in [0.15, 0.2) is 0 Å². The Kier molecular flexibility index (Phi) is 4.00. The van der Waals surface area contributed by atoms with Gasteiger partial charge in [0.25, 0.3) is 0 Å². The van der Waals surface area contributed by atoms with E-state index < -0.39 is 0 Å². The Morgan fingerprint density at radius 3 is 2.47 bits per heavy atom. The minimum absolute atomic E-state index is 0.0448. The molecule has 1 heterocycles. The highest BCUT2D eigenvalue weighted by molar-refractivity contribution is 4.82. The van der Waals surface area contributed by atoms with Crippen LogP contribution in [0.3, 0.4) is 0 Å². The Morgan fingerprint density at radius 1 is 1.07 bits per heavy atom. The molecule has 1 aliphatic heterocycles. The molecule has 0 radical (unpaired) electrons. The van der Waals surface area contributed by atoms with Gasteiger partial charge in [-0.15, -0.1) is 0 Å². The van der Waals surface area contributed by atoms with Crippen molar-refractivity contribution in [3.8, 4) is 0 Å². The van der Waals surface area contributed by atoms with E-state index in [2.05, 4.69) is 12.2 Å². The van der Waals surface area contributed by atoms with E-state index in [0.717, 1.165) is 45.1 Å². The summed E-state index contributed by atoms with van der Waals surface area (Å²) in [6, 6.07) is 1.26. The van der Waals surface area contributed by atoms with Crippen molar-refractivity contribution in [1.82, 2.24) is 5.32 Å². The molecule has 0 spiro atoms. The van der Waals surface area contributed by atoms with Crippen molar-refractivity contribution < 1.29 is 9.84 Å². The Balaban J connectivity index is 1.71. The number of hydrogen-bond acceptors (Lipinski definition) is 3. The lowest BCUT2D eigenvalue weighted by molar-refractivity contribution is 0.00867. The largest absolute Gasteiger partial charge is 0.393 e. The molecule has 0 aromatic rings. The van der Waals surface area contributed by atoms with E-state index >= 15 is 0 Å². The highest BCUT2D eigenvalue weighted by Crippen LogP contribution is 2.21. The number of aliphatic hydroxyl groups excluding tert-OH is 1. The molecular weight excluding hydrogens is 190 g/mol. The number of hydrogen-bond donors (Lipinski definition) is 2. The fourth-order valence-corrected chi connectivity index (χ4v) is 2.73. The van der Waals surface area contributed by atoms with Gasteiger partial charge in [-0.25, -0.2) is 0 Å². The molecule has 0 amide bonds. The molecular formula is C12H23NO2. The Hall–Kier alpha value is -0.120. The van der Waals surface area contributed by atoms with Gasteiger partial charge in [-0.05, 0) is 45.4 Å². The van der Waals surface area contributed by atoms with Crippen molar-refractivity contribution in [3.63, 3.8) is 0 Å². The third kappa shape index (κ3) is 3.44. The Labute approximate surface area is 92.2 Å². The molecule has 1 aliphatic carbocycles. The van der Waals surface area contributed by atoms with Gasteiger partial charge in [0.15, 0.2) is 0 Å². The Morgan fingerprint density at radius 2 is 1.80 bits per heavy atom. The second-order valence-corrected chi connectivity index (χ2v) is 5.07. The summed E-state index contributed by atoms with van der Waals surface area (Å²) in [4.78, 5) is 0. The molecule has 2 fully saturated rings. The van der Waals surface area contributed by atoms with Gasteiger partial charge < -0.3 is 15.2 Å². The van der Waals surface area contributed by atoms with Crippen LogP contribution in [0.2, 0.25) is 0 Å². The van der Waals surface area contributed by atoms with E-state index in [1.54, 1.807) is 0 Å². The van der Waals surface area contributed by atoms with E-state index in [-0.39, 0.29) is 6.10 Å². The summed E-state index contributed by atoms with van der Waals surface area (Å²) in [5.74, 6) is 0. The topological polar surface area (TPSA) is 41.5 Å². The summed E-state index contributed by atoms with van der Waals surface area (Å²) >= 11 is 0. The van der Waals surface area contributed by atoms with Gasteiger partial charge in [0.1, 0.15) is 0 Å². The second kappa shape index (κ2) is 5.28. The van der Waals surface area contributed by atoms with Gasteiger partial charge in [-0.2, -0.15) is 0 Å². The van der Waals surface area contributed by atoms with Crippen LogP contribution >= 0.6 is 0 Å². The summed E-state index contributed by atoms with van der Waals surface area (Å²) in [5.41, 5.74) is 0. The zero-order valence-corrected chi connectivity index (χ0v) is 9.61. The van der Waals surface area contributed by atoms with Crippen LogP contribution in [-0.2, 0) is 4.74 Å². The molecule has 0 aromatic carbocycles. The highest BCUT2D eigenvalue weighted by Gasteiger charge is 2.24. The first-order valence-corrected chi connectivity index (χ1v) is 6.30. The van der Waals surface area contributed by atoms with E-state index in [0.29, 0.717) is 18.2 Å². The fraction of sp³-hybridized carbons (Fsp3) is 1.00. The predicted octanol–water partition coefficient (Wildman–Crippen LogP) is 1.45. The van der Waals surface area contributed by atoms with Crippen LogP contribution in [-0.4, -0.2) is 36.0 Å². The molecule has 2 unspecified atom stereocenters. The van der Waals surface area contributed by atoms with Gasteiger partial charge >= 0.3 is 0 Å². The maximum atomic E-state index is 9.43. The predicted molar refractivity (Wildman–Crippen MR) is 59.8 cm³/mol. The molecule has 2 aliphatic rings. The third-order valence-corrected chi connectivity index (χ3v) is 3.65. The first kappa shape index (κ1) is 11.4. The lowest BCUT2D eigenvalue weighted by atomic mass is 9.91. The summed E-state index contributed by atoms with van der Waals surface area (Å²) in [6.07, 6.45) is 6.84. The average molecular weight is 213 g/mol. The van der Waals surface area contributed by atoms with Crippen molar-refractivity contribution >= 4 is 0 Å². The molecule has 1 saturated carbocycles. The van der Waals surface area contributed by atoms with Crippen molar-refractivity contribution in [2.45, 2.75) is 69.7 Å². The van der Waals surface area contributed by atoms with Crippen molar-refractivity contribution in [3.05, 3.63) is 0 Å². The normalized spacial score (nSPS) is 42.8. The molecule has 2 atom stereocenters. The molecule has 15 heavy (non-hydrogen) atoms. The average Bonchev–Trinajstić information content (AvgIpc) is 2.22. The zero-order chi connectivity index (χ0) is 10.7. The first-order valence-electron chi connectivity index (χ1n) is 6.30. The zero-order valence-electron chi connectivity index (χ0n) is 9.61. The van der Waals surface area contributed by atoms with Crippen LogP contribution in [0, 0.1) is 0 Å². The molecule has 0 bridgehead atoms. The lowest BCUT2D eigenvalue weighted by Gasteiger charge is -2.34. The monoisotopic (exact) mass is 213 g/mol. The molecule has 3 nitrogen and oxygen atoms in total. The van der Waals surface area contributed by atoms with Gasteiger partial charge in [-0.3, -0.25) is 0 Å². The molecule has 2 N–H and O–H groups in total. The summed E-state index contributed by atoms with van der Waals surface area (Å²) < 4.78 is 5.53. The van der Waals surface area contributed by atoms with Crippen molar-refractivity contribution in [2.75, 3.05) is 6.61 Å². The molecule has 0 aromatic heterocycles. The summed E-state index contributed by atoms with van der Waals surface area (Å²) in [5, 5.41) is 13.1. The summed E-state index contributed by atoms with van der Waals surface area (Å²) in [7, 11) is 0. The Bertz CT molecular complexity index is 190. The van der Waals surface area contributed by atoms with Crippen LogP contribution in [0.4, 0.5) is 0 Å². The van der Waals surface area contributed by atoms with E-state index in [1.807, 2.05) is 0 Å². The molecule has 1 saturated heterocycles. The van der Waals surface area contributed by atoms with Crippen LogP contribution in [0.1, 0.15) is 45.4 Å². The fourth-order valence-electron chi connectivity index (χ4n) is 2.73. The smallest absolute Gasteiger partial charge is 0.0561 e. The third-order valence-electron chi connectivity index (χ3n) is 3.65. The van der Waals surface area contributed by atoms with Gasteiger partial charge in [-0.1, -0.05) is 0 Å². The van der Waals surface area contributed by atoms with E-state index in [4.69, 9.17) is 4.74 Å². The quantitative estimate of drug-likeness (QED) is 0.729. The minimum atomic E-state index is -0.0448. The standard InChI is InChI=1S/C12H23NO2/c1-9-8-11(6-7-15-9)13-10-2-4-12(14)5-3-10/h9-14H,2-8H2,1H3. The van der Waals surface area contributed by atoms with E-state index in [9.17, 15) is 5.11 Å². The number of ether oxygens (including phenoxy) is 1. The van der Waals surface area contributed by atoms with Gasteiger partial charge in [0.2, 0.25) is 0 Å². The van der Waals surface area contributed by atoms with Crippen LogP contribution in [0.25, 0.3) is 0 Å². The van der Waals surface area contributed by atoms with Gasteiger partial charge in [0.05, 0.1) is 12.2 Å². The highest BCUT2D eigenvalue weighted by atomic mass is 16.5. The molecule has 88 valence electrons. The molecule has 2 rings (SSSR count). The van der Waals surface area contributed by atoms with Gasteiger partial charge in [0, 0.05) is 18.7 Å². The minimum Gasteiger partial charge on any atom is -0.393 e. The van der Waals surface area contributed by atoms with Crippen LogP contribution in [0.5, 0.6) is 0 Å². The first-order chi connectivity index (χ1) is 7.24. The number of aliphatic hydroxyl groups is 1. The number of rotatable bonds is 2. The maximum Gasteiger partial charge on any atom is 0.0561 e. The summed E-state index contributed by atoms with van der Waals surface area (Å²) in [6.45, 7) is 3.05. The SMILES string of the molecule is CC1CC(NC2CCC(O)CC2)CCO1. The van der Waals surface area contributed by atoms with Crippen LogP contribution < -0.4 is 5.32 Å². The van der Waals surface area contributed by atoms with Crippen molar-refractivity contribution in [1.29, 1.82) is 0 Å². The lowest BCUT2D eigenvalue weighted by Crippen LogP contribution is -2.45. The maximum absolute atomic E-state index is 9.43. The van der Waals surface area contributed by atoms with Crippen molar-refractivity contribution in [2.24, 2.45) is 0 Å². The second-order valence-electron chi connectivity index (χ2n) is 5.07. The molecule has 3 heteroatoms. The number of nitrogens with one attached hydrogen (secondary N) is 1.